The Kier molecular flexibility index (Phi) is 24.6. The summed E-state index contributed by atoms with van der Waals surface area (Å²) in [7, 11) is 0. The maximum atomic E-state index is 10.8. The second-order valence-corrected chi connectivity index (χ2v) is 6.05. The van der Waals surface area contributed by atoms with Crippen molar-refractivity contribution < 1.29 is 43.2 Å². The predicted molar refractivity (Wildman–Crippen MR) is 122 cm³/mol. The third-order valence-electron chi connectivity index (χ3n) is 3.37. The Hall–Kier alpha value is -3.02. The summed E-state index contributed by atoms with van der Waals surface area (Å²) < 4.78 is 20.4. The molecule has 0 saturated carbocycles. The highest BCUT2D eigenvalue weighted by molar-refractivity contribution is 5.87. The molecule has 33 heavy (non-hydrogen) atoms. The van der Waals surface area contributed by atoms with Crippen molar-refractivity contribution in [2.24, 2.45) is 0 Å². The van der Waals surface area contributed by atoms with E-state index in [9.17, 15) is 19.2 Å². The lowest BCUT2D eigenvalue weighted by atomic mass is 10.4. The van der Waals surface area contributed by atoms with Crippen LogP contribution in [0.1, 0.15) is 19.3 Å². The van der Waals surface area contributed by atoms with Gasteiger partial charge in [0.1, 0.15) is 6.61 Å². The maximum absolute atomic E-state index is 10.8. The van der Waals surface area contributed by atoms with Crippen molar-refractivity contribution in [3.63, 3.8) is 0 Å². The zero-order valence-electron chi connectivity index (χ0n) is 19.1. The summed E-state index contributed by atoms with van der Waals surface area (Å²) in [6.07, 6.45) is 4.82. The van der Waals surface area contributed by atoms with Crippen molar-refractivity contribution in [1.29, 1.82) is 0 Å². The van der Waals surface area contributed by atoms with Crippen LogP contribution in [-0.2, 0) is 38.1 Å². The number of rotatable bonds is 20. The van der Waals surface area contributed by atoms with Crippen LogP contribution >= 0.6 is 0 Å². The number of esters is 1. The Morgan fingerprint density at radius 2 is 1.09 bits per heavy atom. The highest BCUT2D eigenvalue weighted by Gasteiger charge is 1.99. The zero-order chi connectivity index (χ0) is 25.2. The first-order chi connectivity index (χ1) is 15.9. The molecule has 0 aliphatic rings. The standard InChI is InChI=1S/C16H28N2O5.C6H8O4/c1-3-15(19)17-7-5-9-21-11-13-23-14-12-22-10-6-8-18-16(20)4-2;1-2-6(9)10-4-3-5(7)8/h3-4H,1-2,5-14H2,(H,17,19)(H,18,20);2H,1,3-4H2,(H,7,8). The number of carboxylic acid groups (broad SMARTS) is 1. The lowest BCUT2D eigenvalue weighted by Gasteiger charge is -2.07. The van der Waals surface area contributed by atoms with Gasteiger partial charge >= 0.3 is 11.9 Å². The summed E-state index contributed by atoms with van der Waals surface area (Å²) in [4.78, 5) is 41.8. The largest absolute Gasteiger partial charge is 0.481 e. The molecule has 0 saturated heterocycles. The molecular formula is C22H36N2O9. The van der Waals surface area contributed by atoms with Crippen LogP contribution in [0.2, 0.25) is 0 Å². The van der Waals surface area contributed by atoms with Crippen molar-refractivity contribution in [1.82, 2.24) is 10.6 Å². The molecule has 0 aromatic rings. The average Bonchev–Trinajstić information content (AvgIpc) is 2.81. The molecule has 0 aliphatic carbocycles. The number of hydrogen-bond donors (Lipinski definition) is 3. The Morgan fingerprint density at radius 1 is 0.667 bits per heavy atom. The third-order valence-corrected chi connectivity index (χ3v) is 3.37. The first kappa shape index (κ1) is 32.2. The van der Waals surface area contributed by atoms with Gasteiger partial charge in [0.15, 0.2) is 0 Å². The van der Waals surface area contributed by atoms with E-state index in [0.29, 0.717) is 52.7 Å². The molecule has 0 rings (SSSR count). The van der Waals surface area contributed by atoms with Gasteiger partial charge < -0.3 is 34.7 Å². The van der Waals surface area contributed by atoms with Gasteiger partial charge in [-0.1, -0.05) is 19.7 Å². The predicted octanol–water partition coefficient (Wildman–Crippen LogP) is 0.611. The van der Waals surface area contributed by atoms with E-state index in [0.717, 1.165) is 18.9 Å². The van der Waals surface area contributed by atoms with E-state index in [1.54, 1.807) is 0 Å². The van der Waals surface area contributed by atoms with Crippen LogP contribution in [-0.4, -0.2) is 88.2 Å². The van der Waals surface area contributed by atoms with E-state index in [4.69, 9.17) is 19.3 Å². The van der Waals surface area contributed by atoms with Gasteiger partial charge in [-0.2, -0.15) is 0 Å². The van der Waals surface area contributed by atoms with Gasteiger partial charge in [-0.25, -0.2) is 4.79 Å². The highest BCUT2D eigenvalue weighted by atomic mass is 16.5. The number of carbonyl (C=O) groups excluding carboxylic acids is 3. The first-order valence-corrected chi connectivity index (χ1v) is 10.4. The van der Waals surface area contributed by atoms with Crippen molar-refractivity contribution in [2.75, 3.05) is 59.3 Å². The van der Waals surface area contributed by atoms with Gasteiger partial charge in [0, 0.05) is 32.4 Å². The molecule has 0 atom stereocenters. The molecule has 11 nitrogen and oxygen atoms in total. The molecule has 0 aromatic carbocycles. The number of aliphatic carboxylic acids is 1. The molecule has 188 valence electrons. The Labute approximate surface area is 194 Å². The van der Waals surface area contributed by atoms with Crippen LogP contribution in [0.15, 0.2) is 38.0 Å². The first-order valence-electron chi connectivity index (χ1n) is 10.4. The van der Waals surface area contributed by atoms with Crippen molar-refractivity contribution in [3.8, 4) is 0 Å². The Bertz CT molecular complexity index is 562. The molecule has 0 bridgehead atoms. The molecule has 0 aromatic heterocycles. The van der Waals surface area contributed by atoms with E-state index in [-0.39, 0.29) is 24.8 Å². The fourth-order valence-electron chi connectivity index (χ4n) is 1.76. The van der Waals surface area contributed by atoms with E-state index in [2.05, 4.69) is 35.1 Å². The molecule has 0 aliphatic heterocycles. The van der Waals surface area contributed by atoms with Crippen LogP contribution in [0.4, 0.5) is 0 Å². The summed E-state index contributed by atoms with van der Waals surface area (Å²) in [5.74, 6) is -1.93. The van der Waals surface area contributed by atoms with E-state index in [1.807, 2.05) is 0 Å². The normalized spacial score (nSPS) is 9.58. The molecule has 3 N–H and O–H groups in total. The molecule has 0 spiro atoms. The number of nitrogens with one attached hydrogen (secondary N) is 2. The number of carboxylic acids is 1. The zero-order valence-corrected chi connectivity index (χ0v) is 19.1. The van der Waals surface area contributed by atoms with Gasteiger partial charge in [-0.15, -0.1) is 0 Å². The third kappa shape index (κ3) is 29.0. The van der Waals surface area contributed by atoms with Gasteiger partial charge in [-0.05, 0) is 25.0 Å². The Morgan fingerprint density at radius 3 is 1.45 bits per heavy atom. The molecule has 11 heteroatoms. The van der Waals surface area contributed by atoms with Gasteiger partial charge in [0.2, 0.25) is 11.8 Å². The number of amides is 2. The topological polar surface area (TPSA) is 149 Å². The van der Waals surface area contributed by atoms with Gasteiger partial charge in [-0.3, -0.25) is 14.4 Å². The lowest BCUT2D eigenvalue weighted by molar-refractivity contribution is -0.142. The minimum Gasteiger partial charge on any atom is -0.481 e. The summed E-state index contributed by atoms with van der Waals surface area (Å²) in [6, 6.07) is 0. The monoisotopic (exact) mass is 472 g/mol. The smallest absolute Gasteiger partial charge is 0.330 e. The number of carbonyl (C=O) groups is 4. The maximum Gasteiger partial charge on any atom is 0.330 e. The average molecular weight is 473 g/mol. The number of hydrogen-bond acceptors (Lipinski definition) is 8. The van der Waals surface area contributed by atoms with Crippen LogP contribution < -0.4 is 10.6 Å². The van der Waals surface area contributed by atoms with E-state index < -0.39 is 11.9 Å². The Balaban J connectivity index is 0. The molecular weight excluding hydrogens is 436 g/mol. The van der Waals surface area contributed by atoms with Crippen molar-refractivity contribution in [3.05, 3.63) is 38.0 Å². The summed E-state index contributed by atoms with van der Waals surface area (Å²) in [5.41, 5.74) is 0. The molecule has 0 radical (unpaired) electrons. The van der Waals surface area contributed by atoms with Gasteiger partial charge in [0.05, 0.1) is 32.8 Å². The molecule has 0 fully saturated rings. The van der Waals surface area contributed by atoms with Crippen LogP contribution in [0.3, 0.4) is 0 Å². The second kappa shape index (κ2) is 25.2. The minimum absolute atomic E-state index is 0.0970. The quantitative estimate of drug-likeness (QED) is 0.132. The summed E-state index contributed by atoms with van der Waals surface area (Å²) >= 11 is 0. The van der Waals surface area contributed by atoms with Crippen LogP contribution in [0.5, 0.6) is 0 Å². The van der Waals surface area contributed by atoms with Crippen LogP contribution in [0, 0.1) is 0 Å². The van der Waals surface area contributed by atoms with Crippen molar-refractivity contribution in [2.45, 2.75) is 19.3 Å². The molecule has 0 unspecified atom stereocenters. The van der Waals surface area contributed by atoms with Gasteiger partial charge in [0.25, 0.3) is 0 Å². The highest BCUT2D eigenvalue weighted by Crippen LogP contribution is 1.86. The van der Waals surface area contributed by atoms with Crippen LogP contribution in [0.25, 0.3) is 0 Å². The minimum atomic E-state index is -0.989. The molecule has 2 amide bonds. The summed E-state index contributed by atoms with van der Waals surface area (Å²) in [5, 5.41) is 13.4. The summed E-state index contributed by atoms with van der Waals surface area (Å²) in [6.45, 7) is 14.1. The van der Waals surface area contributed by atoms with Crippen molar-refractivity contribution >= 4 is 23.8 Å². The SMILES string of the molecule is C=CC(=O)NCCCOCCOCCOCCCNC(=O)C=C.C=CC(=O)OCCC(=O)O. The molecule has 0 heterocycles. The van der Waals surface area contributed by atoms with E-state index >= 15 is 0 Å². The fourth-order valence-corrected chi connectivity index (χ4v) is 1.76. The number of ether oxygens (including phenoxy) is 4. The lowest BCUT2D eigenvalue weighted by Crippen LogP contribution is -2.23. The fraction of sp³-hybridized carbons (Fsp3) is 0.545. The second-order valence-electron chi connectivity index (χ2n) is 6.05. The van der Waals surface area contributed by atoms with E-state index in [1.165, 1.54) is 12.2 Å².